The third-order valence-corrected chi connectivity index (χ3v) is 11.4. The summed E-state index contributed by atoms with van der Waals surface area (Å²) < 4.78 is 0. The Morgan fingerprint density at radius 2 is 1.03 bits per heavy atom. The molecule has 0 bridgehead atoms. The zero-order valence-electron chi connectivity index (χ0n) is 39.5. The molecule has 0 saturated heterocycles. The molecule has 0 aliphatic rings. The summed E-state index contributed by atoms with van der Waals surface area (Å²) in [5.74, 6) is -12.1. The van der Waals surface area contributed by atoms with Crippen LogP contribution in [0.3, 0.4) is 0 Å². The highest BCUT2D eigenvalue weighted by atomic mass is 32.1. The molecule has 9 amide bonds. The summed E-state index contributed by atoms with van der Waals surface area (Å²) in [4.78, 5) is 149. The number of para-hydroxylation sites is 2. The van der Waals surface area contributed by atoms with Gasteiger partial charge in [-0.3, -0.25) is 47.9 Å². The average Bonchev–Trinajstić information content (AvgIpc) is 3.94. The number of aliphatic carboxylic acids is 2. The number of benzene rings is 2. The lowest BCUT2D eigenvalue weighted by atomic mass is 10.0. The Balaban J connectivity index is 1.45. The summed E-state index contributed by atoms with van der Waals surface area (Å²) in [6.45, 7) is 3.61. The van der Waals surface area contributed by atoms with Gasteiger partial charge in [0, 0.05) is 52.8 Å². The van der Waals surface area contributed by atoms with Gasteiger partial charge in [-0.2, -0.15) is 12.6 Å². The second-order valence-electron chi connectivity index (χ2n) is 17.2. The number of nitrogens with two attached hydrogens (primary N) is 2. The number of carboxylic acids is 2. The Kier molecular flexibility index (Phi) is 21.1. The number of nitrogens with one attached hydrogen (secondary N) is 10. The zero-order chi connectivity index (χ0) is 53.2. The number of aromatic amines is 2. The lowest BCUT2D eigenvalue weighted by molar-refractivity contribution is -0.142. The molecule has 0 aliphatic heterocycles. The fourth-order valence-electron chi connectivity index (χ4n) is 7.43. The fourth-order valence-corrected chi connectivity index (χ4v) is 7.69. The van der Waals surface area contributed by atoms with Gasteiger partial charge in [0.05, 0.1) is 25.9 Å². The first kappa shape index (κ1) is 56.6. The van der Waals surface area contributed by atoms with Crippen molar-refractivity contribution < 1.29 is 63.0 Å². The molecule has 4 rings (SSSR count). The normalized spacial score (nSPS) is 14.0. The number of primary amides is 1. The molecule has 0 saturated carbocycles. The second-order valence-corrected chi connectivity index (χ2v) is 17.5. The van der Waals surface area contributed by atoms with Gasteiger partial charge in [-0.05, 0) is 42.5 Å². The van der Waals surface area contributed by atoms with Crippen LogP contribution >= 0.6 is 12.6 Å². The minimum absolute atomic E-state index is 0.0757. The largest absolute Gasteiger partial charge is 0.481 e. The maximum atomic E-state index is 14.1. The fraction of sp³-hybridized carbons (Fsp3) is 0.413. The number of rotatable bonds is 28. The summed E-state index contributed by atoms with van der Waals surface area (Å²) in [6.07, 6.45) is 1.23. The Morgan fingerprint density at radius 3 is 1.54 bits per heavy atom. The number of H-pyrrole nitrogens is 2. The standard InChI is InChI=1S/C46H60N12O13S/c1-22(2)12-30(53-37(60)17-47)42(66)57-33(16-39(62)63)44(68)55-31(13-24-18-49-28-10-6-4-8-26(24)28)43(67)58-35(21-72)45(69)56-32(15-36(48)59)41(65)52-23(3)40(64)51-20-38(61)54-34(46(70)71)14-25-19-50-29-11-7-5-9-27(25)29/h4-11,18-19,22-23,30-35,49-50,72H,12-17,20-21,47H2,1-3H3,(H2,48,59)(H,51,64)(H,52,65)(H,53,60)(H,54,61)(H,55,68)(H,56,69)(H,57,66)(H,58,67)(H,62,63)(H,70,71)/t23-,30-,31-,32-,33-,34-,35-/m0/s1. The maximum Gasteiger partial charge on any atom is 0.326 e. The number of carbonyl (C=O) groups excluding carboxylic acids is 9. The summed E-state index contributed by atoms with van der Waals surface area (Å²) in [7, 11) is 0. The molecule has 0 spiro atoms. The molecule has 0 unspecified atom stereocenters. The molecule has 0 fully saturated rings. The van der Waals surface area contributed by atoms with E-state index < -0.39 is 139 Å². The van der Waals surface area contributed by atoms with Gasteiger partial charge in [0.25, 0.3) is 0 Å². The number of hydrogen-bond acceptors (Lipinski definition) is 13. The van der Waals surface area contributed by atoms with Gasteiger partial charge >= 0.3 is 11.9 Å². The predicted octanol–water partition coefficient (Wildman–Crippen LogP) is -2.67. The van der Waals surface area contributed by atoms with Crippen LogP contribution < -0.4 is 54.0 Å². The minimum Gasteiger partial charge on any atom is -0.481 e. The number of carbonyl (C=O) groups is 11. The van der Waals surface area contributed by atoms with Crippen LogP contribution in [-0.4, -0.2) is 146 Å². The second kappa shape index (κ2) is 26.8. The molecule has 72 heavy (non-hydrogen) atoms. The molecule has 26 heteroatoms. The van der Waals surface area contributed by atoms with E-state index in [2.05, 4.69) is 65.1 Å². The smallest absolute Gasteiger partial charge is 0.326 e. The number of aromatic nitrogens is 2. The average molecular weight is 1020 g/mol. The summed E-state index contributed by atoms with van der Waals surface area (Å²) in [5, 5.41) is 39.8. The van der Waals surface area contributed by atoms with Crippen LogP contribution in [0.4, 0.5) is 0 Å². The van der Waals surface area contributed by atoms with Gasteiger partial charge in [-0.1, -0.05) is 50.2 Å². The van der Waals surface area contributed by atoms with Crippen LogP contribution in [0.1, 0.15) is 51.2 Å². The van der Waals surface area contributed by atoms with Crippen LogP contribution in [0.25, 0.3) is 21.8 Å². The molecule has 7 atom stereocenters. The first-order valence-electron chi connectivity index (χ1n) is 22.6. The first-order valence-corrected chi connectivity index (χ1v) is 23.3. The zero-order valence-corrected chi connectivity index (χ0v) is 40.4. The topological polar surface area (TPSA) is 408 Å². The van der Waals surface area contributed by atoms with Crippen molar-refractivity contribution in [2.24, 2.45) is 17.4 Å². The van der Waals surface area contributed by atoms with Crippen molar-refractivity contribution >= 4 is 99.5 Å². The van der Waals surface area contributed by atoms with Crippen molar-refractivity contribution in [2.75, 3.05) is 18.8 Å². The molecule has 0 aliphatic carbocycles. The van der Waals surface area contributed by atoms with Crippen molar-refractivity contribution in [3.05, 3.63) is 72.1 Å². The van der Waals surface area contributed by atoms with Gasteiger partial charge in [0.2, 0.25) is 53.2 Å². The monoisotopic (exact) mass is 1020 g/mol. The maximum absolute atomic E-state index is 14.1. The Labute approximate surface area is 417 Å². The summed E-state index contributed by atoms with van der Waals surface area (Å²) >= 11 is 4.19. The Hall–Kier alpha value is -8.00. The van der Waals surface area contributed by atoms with Gasteiger partial charge < -0.3 is 74.2 Å². The number of thiol groups is 1. The molecule has 25 nitrogen and oxygen atoms in total. The van der Waals surface area contributed by atoms with E-state index >= 15 is 0 Å². The molecule has 2 aromatic carbocycles. The van der Waals surface area contributed by atoms with E-state index in [1.54, 1.807) is 74.8 Å². The first-order chi connectivity index (χ1) is 34.1. The van der Waals surface area contributed by atoms with Crippen molar-refractivity contribution in [1.82, 2.24) is 52.5 Å². The summed E-state index contributed by atoms with van der Waals surface area (Å²) in [6, 6.07) is 3.52. The highest BCUT2D eigenvalue weighted by Gasteiger charge is 2.35. The van der Waals surface area contributed by atoms with Crippen molar-refractivity contribution in [1.29, 1.82) is 0 Å². The van der Waals surface area contributed by atoms with Crippen LogP contribution in [0.2, 0.25) is 0 Å². The van der Waals surface area contributed by atoms with Crippen LogP contribution in [0.5, 0.6) is 0 Å². The van der Waals surface area contributed by atoms with E-state index in [1.165, 1.54) is 6.92 Å². The molecule has 0 radical (unpaired) electrons. The quantitative estimate of drug-likeness (QED) is 0.0258. The predicted molar refractivity (Wildman–Crippen MR) is 262 cm³/mol. The molecular weight excluding hydrogens is 961 g/mol. The van der Waals surface area contributed by atoms with E-state index in [0.29, 0.717) is 22.0 Å². The van der Waals surface area contributed by atoms with Gasteiger partial charge in [-0.15, -0.1) is 0 Å². The highest BCUT2D eigenvalue weighted by Crippen LogP contribution is 2.21. The van der Waals surface area contributed by atoms with E-state index in [-0.39, 0.29) is 25.2 Å². The van der Waals surface area contributed by atoms with Crippen LogP contribution in [0.15, 0.2) is 60.9 Å². The van der Waals surface area contributed by atoms with Gasteiger partial charge in [-0.25, -0.2) is 4.79 Å². The van der Waals surface area contributed by atoms with Crippen molar-refractivity contribution in [3.63, 3.8) is 0 Å². The Bertz CT molecular complexity index is 2650. The molecule has 388 valence electrons. The molecule has 2 aromatic heterocycles. The van der Waals surface area contributed by atoms with Crippen LogP contribution in [-0.2, 0) is 65.6 Å². The van der Waals surface area contributed by atoms with Gasteiger partial charge in [0.1, 0.15) is 42.3 Å². The number of carboxylic acid groups (broad SMARTS) is 2. The molecular formula is C46H60N12O13S. The van der Waals surface area contributed by atoms with E-state index in [1.807, 2.05) is 0 Å². The minimum atomic E-state index is -1.78. The van der Waals surface area contributed by atoms with Crippen molar-refractivity contribution in [3.8, 4) is 0 Å². The van der Waals surface area contributed by atoms with Crippen molar-refractivity contribution in [2.45, 2.75) is 95.2 Å². The highest BCUT2D eigenvalue weighted by molar-refractivity contribution is 7.80. The number of amides is 9. The molecule has 16 N–H and O–H groups in total. The third-order valence-electron chi connectivity index (χ3n) is 11.0. The number of fused-ring (bicyclic) bond motifs is 2. The Morgan fingerprint density at radius 1 is 0.569 bits per heavy atom. The van der Waals surface area contributed by atoms with E-state index in [9.17, 15) is 63.0 Å². The SMILES string of the molecule is CC(C)C[C@H](NC(=O)CN)C(=O)N[C@@H](CC(=O)O)C(=O)N[C@@H](Cc1c[nH]c2ccccc12)C(=O)N[C@@H](CS)C(=O)N[C@@H](CC(N)=O)C(=O)N[C@@H](C)C(=O)NCC(=O)N[C@@H](Cc1c[nH]c2ccccc12)C(=O)O. The molecule has 2 heterocycles. The lowest BCUT2D eigenvalue weighted by Gasteiger charge is -2.27. The summed E-state index contributed by atoms with van der Waals surface area (Å²) in [5.41, 5.74) is 13.4. The third kappa shape index (κ3) is 16.9. The van der Waals surface area contributed by atoms with Gasteiger partial charge in [0.15, 0.2) is 0 Å². The lowest BCUT2D eigenvalue weighted by Crippen LogP contribution is -2.61. The van der Waals surface area contributed by atoms with E-state index in [0.717, 1.165) is 10.9 Å². The van der Waals surface area contributed by atoms with Crippen LogP contribution in [0, 0.1) is 5.92 Å². The molecule has 4 aromatic rings. The van der Waals surface area contributed by atoms with E-state index in [4.69, 9.17) is 11.5 Å². The number of hydrogen-bond donors (Lipinski definition) is 15.